The number of nitrogens with zero attached hydrogens (tertiary/aromatic N) is 1. The summed E-state index contributed by atoms with van der Waals surface area (Å²) in [5.41, 5.74) is 0. The molecule has 0 bridgehead atoms. The van der Waals surface area contributed by atoms with Crippen molar-refractivity contribution in [1.29, 1.82) is 0 Å². The molecule has 0 spiro atoms. The average Bonchev–Trinajstić information content (AvgIpc) is 2.37. The van der Waals surface area contributed by atoms with Gasteiger partial charge in [0.2, 0.25) is 0 Å². The third-order valence-corrected chi connectivity index (χ3v) is 3.99. The molecule has 2 atom stereocenters. The van der Waals surface area contributed by atoms with Gasteiger partial charge in [-0.05, 0) is 24.3 Å². The summed E-state index contributed by atoms with van der Waals surface area (Å²) in [6.45, 7) is 7.18. The van der Waals surface area contributed by atoms with Crippen LogP contribution in [0.2, 0.25) is 0 Å². The van der Waals surface area contributed by atoms with Crippen molar-refractivity contribution in [3.05, 3.63) is 0 Å². The molecule has 4 nitrogen and oxygen atoms in total. The van der Waals surface area contributed by atoms with E-state index < -0.39 is 0 Å². The van der Waals surface area contributed by atoms with E-state index in [9.17, 15) is 4.79 Å². The van der Waals surface area contributed by atoms with Crippen LogP contribution in [-0.2, 0) is 4.74 Å². The summed E-state index contributed by atoms with van der Waals surface area (Å²) in [5, 5.41) is 3.02. The van der Waals surface area contributed by atoms with E-state index >= 15 is 0 Å². The lowest BCUT2D eigenvalue weighted by atomic mass is 10.2. The molecule has 1 aliphatic rings. The maximum Gasteiger partial charge on any atom is 0.317 e. The van der Waals surface area contributed by atoms with Crippen molar-refractivity contribution in [2.45, 2.75) is 32.8 Å². The van der Waals surface area contributed by atoms with Crippen molar-refractivity contribution >= 4 is 17.8 Å². The van der Waals surface area contributed by atoms with E-state index in [1.807, 2.05) is 16.7 Å². The van der Waals surface area contributed by atoms with E-state index in [2.05, 4.69) is 25.4 Å². The third kappa shape index (κ3) is 5.48. The number of urea groups is 1. The second-order valence-electron chi connectivity index (χ2n) is 4.97. The van der Waals surface area contributed by atoms with Gasteiger partial charge in [0, 0.05) is 19.6 Å². The molecule has 1 heterocycles. The van der Waals surface area contributed by atoms with Crippen LogP contribution >= 0.6 is 11.8 Å². The van der Waals surface area contributed by atoms with E-state index in [1.54, 1.807) is 0 Å². The third-order valence-electron chi connectivity index (χ3n) is 3.09. The van der Waals surface area contributed by atoms with Gasteiger partial charge in [0.05, 0.1) is 12.7 Å². The number of amides is 2. The van der Waals surface area contributed by atoms with Crippen molar-refractivity contribution in [1.82, 2.24) is 10.2 Å². The van der Waals surface area contributed by atoms with Gasteiger partial charge < -0.3 is 15.0 Å². The van der Waals surface area contributed by atoms with E-state index in [1.165, 1.54) is 0 Å². The molecule has 1 rings (SSSR count). The maximum atomic E-state index is 12.0. The Morgan fingerprint density at radius 2 is 2.39 bits per heavy atom. The van der Waals surface area contributed by atoms with Crippen molar-refractivity contribution < 1.29 is 9.53 Å². The second kappa shape index (κ2) is 8.64. The maximum absolute atomic E-state index is 12.0. The highest BCUT2D eigenvalue weighted by molar-refractivity contribution is 7.98. The van der Waals surface area contributed by atoms with Gasteiger partial charge in [0.1, 0.15) is 0 Å². The van der Waals surface area contributed by atoms with Crippen molar-refractivity contribution in [3.63, 3.8) is 0 Å². The Labute approximate surface area is 115 Å². The lowest BCUT2D eigenvalue weighted by Gasteiger charge is -2.33. The first-order valence-electron chi connectivity index (χ1n) is 6.80. The molecule has 5 heteroatoms. The summed E-state index contributed by atoms with van der Waals surface area (Å²) in [6.07, 6.45) is 4.45. The molecule has 106 valence electrons. The molecule has 0 radical (unpaired) electrons. The SMILES string of the molecule is CCC[C@@H]1CN(C(=O)NC[C@H](C)CSC)CCO1. The largest absolute Gasteiger partial charge is 0.375 e. The lowest BCUT2D eigenvalue weighted by molar-refractivity contribution is -0.0181. The molecule has 18 heavy (non-hydrogen) atoms. The summed E-state index contributed by atoms with van der Waals surface area (Å²) in [5.74, 6) is 1.61. The molecular formula is C13H26N2O2S. The van der Waals surface area contributed by atoms with Crippen molar-refractivity contribution in [2.75, 3.05) is 38.2 Å². The molecule has 2 amide bonds. The average molecular weight is 274 g/mol. The molecule has 0 unspecified atom stereocenters. The number of thioether (sulfide) groups is 1. The van der Waals surface area contributed by atoms with Crippen LogP contribution in [-0.4, -0.2) is 55.3 Å². The predicted octanol–water partition coefficient (Wildman–Crippen LogP) is 2.20. The Balaban J connectivity index is 2.28. The van der Waals surface area contributed by atoms with Gasteiger partial charge >= 0.3 is 6.03 Å². The Hall–Kier alpha value is -0.420. The Morgan fingerprint density at radius 1 is 1.61 bits per heavy atom. The molecule has 0 aromatic carbocycles. The zero-order valence-corrected chi connectivity index (χ0v) is 12.6. The second-order valence-corrected chi connectivity index (χ2v) is 5.88. The van der Waals surface area contributed by atoms with Gasteiger partial charge in [-0.15, -0.1) is 0 Å². The Kier molecular flexibility index (Phi) is 7.51. The van der Waals surface area contributed by atoms with Gasteiger partial charge in [0.25, 0.3) is 0 Å². The lowest BCUT2D eigenvalue weighted by Crippen LogP contribution is -2.50. The molecule has 1 aliphatic heterocycles. The molecule has 0 aromatic heterocycles. The number of ether oxygens (including phenoxy) is 1. The number of hydrogen-bond acceptors (Lipinski definition) is 3. The zero-order chi connectivity index (χ0) is 13.4. The molecule has 1 saturated heterocycles. The Bertz CT molecular complexity index is 249. The summed E-state index contributed by atoms with van der Waals surface area (Å²) in [6, 6.07) is 0.0624. The van der Waals surface area contributed by atoms with Gasteiger partial charge in [-0.3, -0.25) is 0 Å². The fourth-order valence-electron chi connectivity index (χ4n) is 2.12. The first-order valence-corrected chi connectivity index (χ1v) is 8.20. The van der Waals surface area contributed by atoms with Gasteiger partial charge in [-0.2, -0.15) is 11.8 Å². The molecule has 0 aliphatic carbocycles. The number of nitrogens with one attached hydrogen (secondary N) is 1. The van der Waals surface area contributed by atoms with E-state index in [-0.39, 0.29) is 12.1 Å². The minimum atomic E-state index is 0.0624. The van der Waals surface area contributed by atoms with Gasteiger partial charge in [-0.25, -0.2) is 4.79 Å². The number of carbonyl (C=O) groups is 1. The highest BCUT2D eigenvalue weighted by Gasteiger charge is 2.23. The monoisotopic (exact) mass is 274 g/mol. The number of rotatable bonds is 6. The number of hydrogen-bond donors (Lipinski definition) is 1. The van der Waals surface area contributed by atoms with Crippen LogP contribution in [0.1, 0.15) is 26.7 Å². The fraction of sp³-hybridized carbons (Fsp3) is 0.923. The summed E-state index contributed by atoms with van der Waals surface area (Å²) in [4.78, 5) is 13.9. The molecule has 0 aromatic rings. The first-order chi connectivity index (χ1) is 8.67. The minimum absolute atomic E-state index is 0.0624. The fourth-order valence-corrected chi connectivity index (χ4v) is 2.80. The van der Waals surface area contributed by atoms with Crippen LogP contribution in [0.3, 0.4) is 0 Å². The van der Waals surface area contributed by atoms with E-state index in [0.717, 1.165) is 31.7 Å². The number of morpholine rings is 1. The van der Waals surface area contributed by atoms with Gasteiger partial charge in [-0.1, -0.05) is 20.3 Å². The van der Waals surface area contributed by atoms with Crippen LogP contribution < -0.4 is 5.32 Å². The normalized spacial score (nSPS) is 21.7. The summed E-state index contributed by atoms with van der Waals surface area (Å²) < 4.78 is 5.64. The number of carbonyl (C=O) groups excluding carboxylic acids is 1. The predicted molar refractivity (Wildman–Crippen MR) is 77.2 cm³/mol. The van der Waals surface area contributed by atoms with E-state index in [0.29, 0.717) is 19.1 Å². The minimum Gasteiger partial charge on any atom is -0.375 e. The molecular weight excluding hydrogens is 248 g/mol. The van der Waals surface area contributed by atoms with Crippen molar-refractivity contribution in [2.24, 2.45) is 5.92 Å². The smallest absolute Gasteiger partial charge is 0.317 e. The van der Waals surface area contributed by atoms with Crippen LogP contribution in [0.5, 0.6) is 0 Å². The van der Waals surface area contributed by atoms with Crippen LogP contribution in [0.25, 0.3) is 0 Å². The summed E-state index contributed by atoms with van der Waals surface area (Å²) >= 11 is 1.82. The molecule has 1 N–H and O–H groups in total. The summed E-state index contributed by atoms with van der Waals surface area (Å²) in [7, 11) is 0. The van der Waals surface area contributed by atoms with E-state index in [4.69, 9.17) is 4.74 Å². The van der Waals surface area contributed by atoms with Crippen LogP contribution in [0, 0.1) is 5.92 Å². The Morgan fingerprint density at radius 3 is 3.06 bits per heavy atom. The quantitative estimate of drug-likeness (QED) is 0.807. The van der Waals surface area contributed by atoms with Crippen LogP contribution in [0.4, 0.5) is 4.79 Å². The van der Waals surface area contributed by atoms with Crippen LogP contribution in [0.15, 0.2) is 0 Å². The highest BCUT2D eigenvalue weighted by atomic mass is 32.2. The zero-order valence-electron chi connectivity index (χ0n) is 11.8. The highest BCUT2D eigenvalue weighted by Crippen LogP contribution is 2.10. The first kappa shape index (κ1) is 15.6. The standard InChI is InChI=1S/C13H26N2O2S/c1-4-5-12-9-15(6-7-17-12)13(16)14-8-11(2)10-18-3/h11-12H,4-10H2,1-3H3,(H,14,16)/t11-,12+/m0/s1. The topological polar surface area (TPSA) is 41.6 Å². The van der Waals surface area contributed by atoms with Gasteiger partial charge in [0.15, 0.2) is 0 Å². The molecule has 1 fully saturated rings. The molecule has 0 saturated carbocycles. The van der Waals surface area contributed by atoms with Crippen molar-refractivity contribution in [3.8, 4) is 0 Å².